The average molecular weight is 451 g/mol. The first-order valence-corrected chi connectivity index (χ1v) is 10.8. The van der Waals surface area contributed by atoms with Crippen LogP contribution in [0.15, 0.2) is 55.2 Å². The maximum absolute atomic E-state index is 12.5. The van der Waals surface area contributed by atoms with Crippen molar-refractivity contribution in [1.29, 1.82) is 0 Å². The van der Waals surface area contributed by atoms with Crippen molar-refractivity contribution in [2.24, 2.45) is 7.05 Å². The molecule has 0 aromatic carbocycles. The molecular weight excluding hydrogens is 428 g/mol. The van der Waals surface area contributed by atoms with E-state index in [-0.39, 0.29) is 6.03 Å². The predicted octanol–water partition coefficient (Wildman–Crippen LogP) is 2.82. The summed E-state index contributed by atoms with van der Waals surface area (Å²) in [6, 6.07) is 7.69. The van der Waals surface area contributed by atoms with Crippen molar-refractivity contribution >= 4 is 28.8 Å². The Morgan fingerprint density at radius 3 is 2.56 bits per heavy atom. The molecule has 0 atom stereocenters. The third-order valence-corrected chi connectivity index (χ3v) is 5.90. The predicted molar refractivity (Wildman–Crippen MR) is 123 cm³/mol. The summed E-state index contributed by atoms with van der Waals surface area (Å²) in [6.45, 7) is 3.23. The highest BCUT2D eigenvalue weighted by atomic mass is 35.5. The molecule has 1 aliphatic rings. The molecule has 2 amide bonds. The lowest BCUT2D eigenvalue weighted by molar-refractivity contribution is 0.194. The van der Waals surface area contributed by atoms with Crippen LogP contribution >= 0.6 is 11.6 Å². The van der Waals surface area contributed by atoms with Gasteiger partial charge < -0.3 is 15.1 Å². The van der Waals surface area contributed by atoms with Crippen molar-refractivity contribution in [2.45, 2.75) is 6.54 Å². The molecular formula is C22H23ClN8O. The third-order valence-electron chi connectivity index (χ3n) is 5.67. The summed E-state index contributed by atoms with van der Waals surface area (Å²) in [5, 5.41) is 12.2. The van der Waals surface area contributed by atoms with Crippen LogP contribution in [0, 0.1) is 0 Å². The molecule has 1 fully saturated rings. The van der Waals surface area contributed by atoms with Gasteiger partial charge in [-0.3, -0.25) is 4.68 Å². The molecule has 1 N–H and O–H groups in total. The van der Waals surface area contributed by atoms with Gasteiger partial charge in [0.25, 0.3) is 0 Å². The molecule has 1 aliphatic heterocycles. The standard InChI is InChI=1S/C22H23ClN8O/c1-28-14-18(12-26-28)17-3-4-19-20(13-27-31(19)15-17)29-6-8-30(9-7-29)22(32)25-11-16-2-5-21(23)24-10-16/h2-5,10,12-15H,6-9,11H2,1H3,(H,25,32). The number of amides is 2. The van der Waals surface area contributed by atoms with E-state index in [2.05, 4.69) is 37.5 Å². The first-order chi connectivity index (χ1) is 15.6. The van der Waals surface area contributed by atoms with Crippen LogP contribution in [-0.2, 0) is 13.6 Å². The lowest BCUT2D eigenvalue weighted by atomic mass is 10.1. The second kappa shape index (κ2) is 8.51. The molecule has 0 aliphatic carbocycles. The van der Waals surface area contributed by atoms with Crippen molar-refractivity contribution in [1.82, 2.24) is 34.6 Å². The van der Waals surface area contributed by atoms with Gasteiger partial charge in [0.1, 0.15) is 5.15 Å². The molecule has 5 rings (SSSR count). The number of carbonyl (C=O) groups excluding carboxylic acids is 1. The van der Waals surface area contributed by atoms with E-state index in [1.54, 1.807) is 16.9 Å². The van der Waals surface area contributed by atoms with Crippen molar-refractivity contribution in [3.63, 3.8) is 0 Å². The largest absolute Gasteiger partial charge is 0.365 e. The molecule has 0 unspecified atom stereocenters. The lowest BCUT2D eigenvalue weighted by Crippen LogP contribution is -2.51. The highest BCUT2D eigenvalue weighted by Gasteiger charge is 2.23. The quantitative estimate of drug-likeness (QED) is 0.483. The molecule has 164 valence electrons. The van der Waals surface area contributed by atoms with Gasteiger partial charge in [-0.05, 0) is 17.7 Å². The number of urea groups is 1. The minimum absolute atomic E-state index is 0.0689. The summed E-state index contributed by atoms with van der Waals surface area (Å²) in [7, 11) is 1.91. The van der Waals surface area contributed by atoms with Gasteiger partial charge >= 0.3 is 6.03 Å². The van der Waals surface area contributed by atoms with Crippen molar-refractivity contribution < 1.29 is 4.79 Å². The van der Waals surface area contributed by atoms with Crippen LogP contribution < -0.4 is 10.2 Å². The average Bonchev–Trinajstić information content (AvgIpc) is 3.44. The summed E-state index contributed by atoms with van der Waals surface area (Å²) in [6.07, 6.45) is 9.42. The Labute approximate surface area is 190 Å². The van der Waals surface area contributed by atoms with Crippen molar-refractivity contribution in [2.75, 3.05) is 31.1 Å². The Kier molecular flexibility index (Phi) is 5.40. The second-order valence-corrected chi connectivity index (χ2v) is 8.19. The third kappa shape index (κ3) is 4.11. The minimum atomic E-state index is -0.0689. The second-order valence-electron chi connectivity index (χ2n) is 7.80. The van der Waals surface area contributed by atoms with E-state index in [1.165, 1.54) is 0 Å². The summed E-state index contributed by atoms with van der Waals surface area (Å²) >= 11 is 5.80. The van der Waals surface area contributed by atoms with Gasteiger partial charge in [0.2, 0.25) is 0 Å². The number of piperazine rings is 1. The van der Waals surface area contributed by atoms with E-state index in [0.29, 0.717) is 24.8 Å². The van der Waals surface area contributed by atoms with Crippen LogP contribution in [0.25, 0.3) is 16.6 Å². The van der Waals surface area contributed by atoms with Gasteiger partial charge in [0.05, 0.1) is 23.6 Å². The zero-order valence-electron chi connectivity index (χ0n) is 17.6. The molecule has 4 aromatic heterocycles. The summed E-state index contributed by atoms with van der Waals surface area (Å²) in [4.78, 5) is 20.7. The summed E-state index contributed by atoms with van der Waals surface area (Å²) in [5.74, 6) is 0. The Balaban J connectivity index is 1.21. The van der Waals surface area contributed by atoms with E-state index in [4.69, 9.17) is 11.6 Å². The van der Waals surface area contributed by atoms with Gasteiger partial charge in [-0.15, -0.1) is 0 Å². The van der Waals surface area contributed by atoms with Crippen LogP contribution in [0.5, 0.6) is 0 Å². The molecule has 0 radical (unpaired) electrons. The Morgan fingerprint density at radius 2 is 1.84 bits per heavy atom. The van der Waals surface area contributed by atoms with Gasteiger partial charge in [0.15, 0.2) is 0 Å². The van der Waals surface area contributed by atoms with Crippen LogP contribution in [0.3, 0.4) is 0 Å². The zero-order chi connectivity index (χ0) is 22.1. The van der Waals surface area contributed by atoms with Crippen LogP contribution in [0.2, 0.25) is 5.15 Å². The van der Waals surface area contributed by atoms with Crippen molar-refractivity contribution in [3.8, 4) is 11.1 Å². The molecule has 1 saturated heterocycles. The number of hydrogen-bond acceptors (Lipinski definition) is 5. The Bertz CT molecular complexity index is 1240. The van der Waals surface area contributed by atoms with E-state index >= 15 is 0 Å². The lowest BCUT2D eigenvalue weighted by Gasteiger charge is -2.35. The minimum Gasteiger partial charge on any atom is -0.365 e. The number of nitrogens with one attached hydrogen (secondary N) is 1. The maximum Gasteiger partial charge on any atom is 0.317 e. The first-order valence-electron chi connectivity index (χ1n) is 10.4. The number of aryl methyl sites for hydroxylation is 1. The number of rotatable bonds is 4. The van der Waals surface area contributed by atoms with Gasteiger partial charge in [-0.1, -0.05) is 23.7 Å². The number of aromatic nitrogens is 5. The summed E-state index contributed by atoms with van der Waals surface area (Å²) in [5.41, 5.74) is 5.16. The number of carbonyl (C=O) groups is 1. The molecule has 10 heteroatoms. The number of nitrogens with zero attached hydrogens (tertiary/aromatic N) is 7. The van der Waals surface area contributed by atoms with E-state index in [9.17, 15) is 4.79 Å². The molecule has 5 heterocycles. The van der Waals surface area contributed by atoms with Crippen LogP contribution in [0.4, 0.5) is 10.5 Å². The molecule has 0 saturated carbocycles. The molecule has 32 heavy (non-hydrogen) atoms. The van der Waals surface area contributed by atoms with Gasteiger partial charge in [0, 0.05) is 69.5 Å². The molecule has 9 nitrogen and oxygen atoms in total. The number of pyridine rings is 2. The number of halogens is 1. The molecule has 0 spiro atoms. The molecule has 0 bridgehead atoms. The van der Waals surface area contributed by atoms with E-state index in [0.717, 1.165) is 41.0 Å². The fourth-order valence-electron chi connectivity index (χ4n) is 3.91. The Morgan fingerprint density at radius 1 is 1.00 bits per heavy atom. The SMILES string of the molecule is Cn1cc(-c2ccc3c(N4CCN(C(=O)NCc5ccc(Cl)nc5)CC4)cnn3c2)cn1. The smallest absolute Gasteiger partial charge is 0.317 e. The van der Waals surface area contributed by atoms with Crippen LogP contribution in [0.1, 0.15) is 5.56 Å². The first kappa shape index (κ1) is 20.3. The maximum atomic E-state index is 12.5. The normalized spacial score (nSPS) is 14.2. The Hall–Kier alpha value is -3.59. The fraction of sp³-hybridized carbons (Fsp3) is 0.273. The topological polar surface area (TPSA) is 83.6 Å². The van der Waals surface area contributed by atoms with Gasteiger partial charge in [-0.2, -0.15) is 10.2 Å². The van der Waals surface area contributed by atoms with E-state index in [1.807, 2.05) is 47.3 Å². The van der Waals surface area contributed by atoms with Crippen molar-refractivity contribution in [3.05, 3.63) is 66.0 Å². The van der Waals surface area contributed by atoms with E-state index < -0.39 is 0 Å². The fourth-order valence-corrected chi connectivity index (χ4v) is 4.02. The highest BCUT2D eigenvalue weighted by Crippen LogP contribution is 2.26. The van der Waals surface area contributed by atoms with Crippen LogP contribution in [-0.4, -0.2) is 61.5 Å². The monoisotopic (exact) mass is 450 g/mol. The zero-order valence-corrected chi connectivity index (χ0v) is 18.4. The highest BCUT2D eigenvalue weighted by molar-refractivity contribution is 6.29. The number of anilines is 1. The van der Waals surface area contributed by atoms with Gasteiger partial charge in [-0.25, -0.2) is 14.3 Å². The summed E-state index contributed by atoms with van der Waals surface area (Å²) < 4.78 is 3.69. The molecule has 4 aromatic rings. The number of fused-ring (bicyclic) bond motifs is 1. The number of hydrogen-bond donors (Lipinski definition) is 1.